The SMILES string of the molecule is COC(=O)c1ccc(CNC(=O)COc2c(C)cc(Br)cc2Cl)cc1. The van der Waals surface area contributed by atoms with Gasteiger partial charge in [0, 0.05) is 11.0 Å². The van der Waals surface area contributed by atoms with Crippen LogP contribution in [0.15, 0.2) is 40.9 Å². The topological polar surface area (TPSA) is 64.6 Å². The number of aryl methyl sites for hydroxylation is 1. The first-order valence-electron chi connectivity index (χ1n) is 7.43. The normalized spacial score (nSPS) is 10.2. The summed E-state index contributed by atoms with van der Waals surface area (Å²) in [5.41, 5.74) is 2.16. The number of carbonyl (C=O) groups is 2. The van der Waals surface area contributed by atoms with Gasteiger partial charge in [-0.1, -0.05) is 39.7 Å². The number of nitrogens with one attached hydrogen (secondary N) is 1. The molecule has 0 unspecified atom stereocenters. The van der Waals surface area contributed by atoms with Crippen molar-refractivity contribution in [3.63, 3.8) is 0 Å². The Balaban J connectivity index is 1.86. The number of esters is 1. The fraction of sp³-hybridized carbons (Fsp3) is 0.222. The van der Waals surface area contributed by atoms with E-state index in [1.165, 1.54) is 7.11 Å². The Morgan fingerprint density at radius 1 is 1.20 bits per heavy atom. The second-order valence-corrected chi connectivity index (χ2v) is 6.61. The molecule has 0 aromatic heterocycles. The summed E-state index contributed by atoms with van der Waals surface area (Å²) < 4.78 is 11.0. The Morgan fingerprint density at radius 2 is 1.88 bits per heavy atom. The van der Waals surface area contributed by atoms with E-state index in [-0.39, 0.29) is 12.5 Å². The van der Waals surface area contributed by atoms with Crippen LogP contribution in [0.4, 0.5) is 0 Å². The largest absolute Gasteiger partial charge is 0.482 e. The van der Waals surface area contributed by atoms with Crippen LogP contribution in [-0.4, -0.2) is 25.6 Å². The maximum absolute atomic E-state index is 11.9. The molecule has 0 saturated heterocycles. The minimum atomic E-state index is -0.397. The van der Waals surface area contributed by atoms with Gasteiger partial charge in [0.2, 0.25) is 0 Å². The first kappa shape index (κ1) is 19.3. The van der Waals surface area contributed by atoms with Crippen LogP contribution in [0.25, 0.3) is 0 Å². The van der Waals surface area contributed by atoms with E-state index < -0.39 is 5.97 Å². The Hall–Kier alpha value is -2.05. The van der Waals surface area contributed by atoms with Gasteiger partial charge in [-0.05, 0) is 42.3 Å². The number of benzene rings is 2. The third-order valence-corrected chi connectivity index (χ3v) is 4.14. The lowest BCUT2D eigenvalue weighted by Crippen LogP contribution is -2.28. The molecular weight excluding hydrogens is 410 g/mol. The lowest BCUT2D eigenvalue weighted by molar-refractivity contribution is -0.123. The van der Waals surface area contributed by atoms with Crippen molar-refractivity contribution in [1.82, 2.24) is 5.32 Å². The molecule has 2 rings (SSSR count). The lowest BCUT2D eigenvalue weighted by atomic mass is 10.1. The standard InChI is InChI=1S/C18H17BrClNO4/c1-11-7-14(19)8-15(20)17(11)25-10-16(22)21-9-12-3-5-13(6-4-12)18(23)24-2/h3-8H,9-10H2,1-2H3,(H,21,22). The molecule has 1 N–H and O–H groups in total. The molecule has 1 amide bonds. The highest BCUT2D eigenvalue weighted by molar-refractivity contribution is 9.10. The van der Waals surface area contributed by atoms with E-state index in [4.69, 9.17) is 16.3 Å². The molecule has 0 heterocycles. The van der Waals surface area contributed by atoms with E-state index in [1.54, 1.807) is 30.3 Å². The van der Waals surface area contributed by atoms with Crippen LogP contribution >= 0.6 is 27.5 Å². The van der Waals surface area contributed by atoms with Gasteiger partial charge in [0.05, 0.1) is 17.7 Å². The van der Waals surface area contributed by atoms with Crippen LogP contribution in [0, 0.1) is 6.92 Å². The maximum atomic E-state index is 11.9. The highest BCUT2D eigenvalue weighted by Crippen LogP contribution is 2.31. The summed E-state index contributed by atoms with van der Waals surface area (Å²) in [6.07, 6.45) is 0. The van der Waals surface area contributed by atoms with Gasteiger partial charge in [0.25, 0.3) is 5.91 Å². The number of ether oxygens (including phenoxy) is 2. The fourth-order valence-electron chi connectivity index (χ4n) is 2.14. The molecule has 5 nitrogen and oxygen atoms in total. The van der Waals surface area contributed by atoms with E-state index in [0.29, 0.717) is 22.9 Å². The van der Waals surface area contributed by atoms with E-state index >= 15 is 0 Å². The number of hydrogen-bond donors (Lipinski definition) is 1. The van der Waals surface area contributed by atoms with E-state index in [9.17, 15) is 9.59 Å². The van der Waals surface area contributed by atoms with Crippen molar-refractivity contribution in [1.29, 1.82) is 0 Å². The van der Waals surface area contributed by atoms with Crippen molar-refractivity contribution in [2.24, 2.45) is 0 Å². The average Bonchev–Trinajstić information content (AvgIpc) is 2.58. The van der Waals surface area contributed by atoms with Crippen LogP contribution in [0.3, 0.4) is 0 Å². The number of amides is 1. The van der Waals surface area contributed by atoms with Crippen molar-refractivity contribution in [3.05, 3.63) is 62.6 Å². The van der Waals surface area contributed by atoms with Crippen molar-refractivity contribution >= 4 is 39.4 Å². The lowest BCUT2D eigenvalue weighted by Gasteiger charge is -2.12. The van der Waals surface area contributed by atoms with Crippen LogP contribution in [0.1, 0.15) is 21.5 Å². The molecule has 0 fully saturated rings. The summed E-state index contributed by atoms with van der Waals surface area (Å²) in [4.78, 5) is 23.3. The van der Waals surface area contributed by atoms with Gasteiger partial charge in [0.1, 0.15) is 5.75 Å². The van der Waals surface area contributed by atoms with Gasteiger partial charge in [-0.25, -0.2) is 4.79 Å². The van der Waals surface area contributed by atoms with Gasteiger partial charge in [-0.2, -0.15) is 0 Å². The van der Waals surface area contributed by atoms with Crippen molar-refractivity contribution < 1.29 is 19.1 Å². The van der Waals surface area contributed by atoms with Gasteiger partial charge in [-0.15, -0.1) is 0 Å². The Bertz CT molecular complexity index is 754. The van der Waals surface area contributed by atoms with Crippen LogP contribution in [0.5, 0.6) is 5.75 Å². The Morgan fingerprint density at radius 3 is 2.48 bits per heavy atom. The zero-order valence-corrected chi connectivity index (χ0v) is 16.1. The molecule has 0 spiro atoms. The highest BCUT2D eigenvalue weighted by Gasteiger charge is 2.10. The molecule has 0 aliphatic heterocycles. The number of rotatable bonds is 6. The van der Waals surface area contributed by atoms with Crippen LogP contribution in [-0.2, 0) is 16.1 Å². The van der Waals surface area contributed by atoms with Gasteiger partial charge in [-0.3, -0.25) is 4.79 Å². The monoisotopic (exact) mass is 425 g/mol. The predicted molar refractivity (Wildman–Crippen MR) is 99.0 cm³/mol. The van der Waals surface area contributed by atoms with Crippen molar-refractivity contribution in [2.45, 2.75) is 13.5 Å². The number of hydrogen-bond acceptors (Lipinski definition) is 4. The molecular formula is C18H17BrClNO4. The third-order valence-electron chi connectivity index (χ3n) is 3.41. The van der Waals surface area contributed by atoms with Gasteiger partial charge >= 0.3 is 5.97 Å². The summed E-state index contributed by atoms with van der Waals surface area (Å²) in [5, 5.41) is 3.19. The van der Waals surface area contributed by atoms with Gasteiger partial charge in [0.15, 0.2) is 6.61 Å². The summed E-state index contributed by atoms with van der Waals surface area (Å²) in [6.45, 7) is 2.05. The zero-order chi connectivity index (χ0) is 18.4. The molecule has 2 aromatic carbocycles. The maximum Gasteiger partial charge on any atom is 0.337 e. The second kappa shape index (κ2) is 8.87. The minimum absolute atomic E-state index is 0.136. The molecule has 0 saturated carbocycles. The number of halogens is 2. The van der Waals surface area contributed by atoms with Crippen molar-refractivity contribution in [2.75, 3.05) is 13.7 Å². The average molecular weight is 427 g/mol. The molecule has 0 atom stereocenters. The Kier molecular flexibility index (Phi) is 6.84. The number of carbonyl (C=O) groups excluding carboxylic acids is 2. The van der Waals surface area contributed by atoms with Crippen molar-refractivity contribution in [3.8, 4) is 5.75 Å². The van der Waals surface area contributed by atoms with E-state index in [1.807, 2.05) is 13.0 Å². The number of methoxy groups -OCH3 is 1. The fourth-order valence-corrected chi connectivity index (χ4v) is 3.16. The quantitative estimate of drug-likeness (QED) is 0.712. The third kappa shape index (κ3) is 5.47. The first-order chi connectivity index (χ1) is 11.9. The van der Waals surface area contributed by atoms with Crippen LogP contribution in [0.2, 0.25) is 5.02 Å². The zero-order valence-electron chi connectivity index (χ0n) is 13.8. The smallest absolute Gasteiger partial charge is 0.337 e. The molecule has 132 valence electrons. The molecule has 0 bridgehead atoms. The molecule has 25 heavy (non-hydrogen) atoms. The molecule has 2 aromatic rings. The van der Waals surface area contributed by atoms with E-state index in [2.05, 4.69) is 26.0 Å². The molecule has 0 radical (unpaired) electrons. The van der Waals surface area contributed by atoms with Crippen LogP contribution < -0.4 is 10.1 Å². The van der Waals surface area contributed by atoms with E-state index in [0.717, 1.165) is 15.6 Å². The molecule has 0 aliphatic carbocycles. The second-order valence-electron chi connectivity index (χ2n) is 5.29. The summed E-state index contributed by atoms with van der Waals surface area (Å²) in [6, 6.07) is 10.4. The molecule has 7 heteroatoms. The Labute approximate surface area is 159 Å². The van der Waals surface area contributed by atoms with Gasteiger partial charge < -0.3 is 14.8 Å². The summed E-state index contributed by atoms with van der Waals surface area (Å²) in [5.74, 6) is -0.177. The molecule has 0 aliphatic rings. The minimum Gasteiger partial charge on any atom is -0.482 e. The summed E-state index contributed by atoms with van der Waals surface area (Å²) in [7, 11) is 1.33. The highest BCUT2D eigenvalue weighted by atomic mass is 79.9. The summed E-state index contributed by atoms with van der Waals surface area (Å²) >= 11 is 9.47. The first-order valence-corrected chi connectivity index (χ1v) is 8.60. The predicted octanol–water partition coefficient (Wildman–Crippen LogP) is 3.89.